The Bertz CT molecular complexity index is 356. The standard InChI is InChI=1S/C13H19NO/c1-9(2)8-15-13-6-5-10(3)7-12(13)11(4)14/h5-7,11H,1,8,14H2,2-4H3. The highest BCUT2D eigenvalue weighted by Gasteiger charge is 2.08. The maximum atomic E-state index is 5.89. The minimum atomic E-state index is -0.00924. The lowest BCUT2D eigenvalue weighted by Crippen LogP contribution is -2.09. The molecule has 0 aliphatic carbocycles. The monoisotopic (exact) mass is 205 g/mol. The molecule has 0 aromatic heterocycles. The first-order valence-corrected chi connectivity index (χ1v) is 5.14. The molecule has 1 unspecified atom stereocenters. The van der Waals surface area contributed by atoms with Gasteiger partial charge in [-0.25, -0.2) is 0 Å². The van der Waals surface area contributed by atoms with Crippen molar-refractivity contribution < 1.29 is 4.74 Å². The molecule has 0 aliphatic rings. The first kappa shape index (κ1) is 11.8. The normalized spacial score (nSPS) is 12.3. The van der Waals surface area contributed by atoms with Crippen LogP contribution in [0.25, 0.3) is 0 Å². The Kier molecular flexibility index (Phi) is 3.92. The van der Waals surface area contributed by atoms with Crippen LogP contribution in [0.15, 0.2) is 30.4 Å². The predicted molar refractivity (Wildman–Crippen MR) is 64.1 cm³/mol. The van der Waals surface area contributed by atoms with E-state index < -0.39 is 0 Å². The number of hydrogen-bond acceptors (Lipinski definition) is 2. The van der Waals surface area contributed by atoms with Gasteiger partial charge >= 0.3 is 0 Å². The van der Waals surface area contributed by atoms with Gasteiger partial charge in [-0.15, -0.1) is 0 Å². The Balaban J connectivity index is 2.90. The number of rotatable bonds is 4. The minimum Gasteiger partial charge on any atom is -0.489 e. The molecule has 1 aromatic carbocycles. The van der Waals surface area contributed by atoms with Crippen LogP contribution in [0.2, 0.25) is 0 Å². The van der Waals surface area contributed by atoms with Gasteiger partial charge in [0.05, 0.1) is 0 Å². The molecule has 1 rings (SSSR count). The van der Waals surface area contributed by atoms with E-state index in [0.717, 1.165) is 16.9 Å². The second kappa shape index (κ2) is 4.99. The topological polar surface area (TPSA) is 35.2 Å². The number of nitrogens with two attached hydrogens (primary N) is 1. The summed E-state index contributed by atoms with van der Waals surface area (Å²) in [6.45, 7) is 10.3. The molecule has 0 saturated carbocycles. The molecule has 0 spiro atoms. The first-order chi connectivity index (χ1) is 7.00. The Morgan fingerprint density at radius 3 is 2.73 bits per heavy atom. The van der Waals surface area contributed by atoms with Crippen molar-refractivity contribution >= 4 is 0 Å². The maximum Gasteiger partial charge on any atom is 0.124 e. The average molecular weight is 205 g/mol. The fraction of sp³-hybridized carbons (Fsp3) is 0.385. The van der Waals surface area contributed by atoms with Crippen LogP contribution >= 0.6 is 0 Å². The van der Waals surface area contributed by atoms with Crippen molar-refractivity contribution in [2.45, 2.75) is 26.8 Å². The third-order valence-electron chi connectivity index (χ3n) is 2.13. The number of hydrogen-bond donors (Lipinski definition) is 1. The van der Waals surface area contributed by atoms with Crippen molar-refractivity contribution in [3.8, 4) is 5.75 Å². The van der Waals surface area contributed by atoms with E-state index in [1.54, 1.807) is 0 Å². The zero-order valence-electron chi connectivity index (χ0n) is 9.71. The van der Waals surface area contributed by atoms with Crippen LogP contribution in [0.1, 0.15) is 31.0 Å². The molecule has 82 valence electrons. The van der Waals surface area contributed by atoms with Crippen molar-refractivity contribution in [3.05, 3.63) is 41.5 Å². The third-order valence-corrected chi connectivity index (χ3v) is 2.13. The van der Waals surface area contributed by atoms with Gasteiger partial charge in [-0.05, 0) is 32.4 Å². The van der Waals surface area contributed by atoms with Crippen LogP contribution in [0.4, 0.5) is 0 Å². The zero-order chi connectivity index (χ0) is 11.4. The molecule has 2 heteroatoms. The van der Waals surface area contributed by atoms with E-state index in [9.17, 15) is 0 Å². The summed E-state index contributed by atoms with van der Waals surface area (Å²) >= 11 is 0. The zero-order valence-corrected chi connectivity index (χ0v) is 9.71. The number of ether oxygens (including phenoxy) is 1. The lowest BCUT2D eigenvalue weighted by atomic mass is 10.1. The van der Waals surface area contributed by atoms with Gasteiger partial charge in [-0.1, -0.05) is 24.3 Å². The fourth-order valence-electron chi connectivity index (χ4n) is 1.36. The molecule has 0 fully saturated rings. The average Bonchev–Trinajstić information content (AvgIpc) is 2.15. The first-order valence-electron chi connectivity index (χ1n) is 5.14. The molecule has 0 saturated heterocycles. The summed E-state index contributed by atoms with van der Waals surface area (Å²) in [6, 6.07) is 6.06. The summed E-state index contributed by atoms with van der Waals surface area (Å²) < 4.78 is 5.64. The van der Waals surface area contributed by atoms with Crippen molar-refractivity contribution in [3.63, 3.8) is 0 Å². The van der Waals surface area contributed by atoms with Gasteiger partial charge < -0.3 is 10.5 Å². The molecule has 0 aliphatic heterocycles. The van der Waals surface area contributed by atoms with Crippen molar-refractivity contribution in [2.75, 3.05) is 6.61 Å². The quantitative estimate of drug-likeness (QED) is 0.767. The van der Waals surface area contributed by atoms with E-state index in [1.165, 1.54) is 5.56 Å². The Labute approximate surface area is 91.7 Å². The summed E-state index contributed by atoms with van der Waals surface area (Å²) in [5, 5.41) is 0. The predicted octanol–water partition coefficient (Wildman–Crippen LogP) is 2.97. The lowest BCUT2D eigenvalue weighted by molar-refractivity contribution is 0.347. The fourth-order valence-corrected chi connectivity index (χ4v) is 1.36. The van der Waals surface area contributed by atoms with Gasteiger partial charge in [0.15, 0.2) is 0 Å². The summed E-state index contributed by atoms with van der Waals surface area (Å²) in [6.07, 6.45) is 0. The smallest absolute Gasteiger partial charge is 0.124 e. The van der Waals surface area contributed by atoms with Gasteiger partial charge in [-0.3, -0.25) is 0 Å². The van der Waals surface area contributed by atoms with Gasteiger partial charge in [0.25, 0.3) is 0 Å². The van der Waals surface area contributed by atoms with Crippen LogP contribution in [0.3, 0.4) is 0 Å². The van der Waals surface area contributed by atoms with E-state index in [0.29, 0.717) is 6.61 Å². The SMILES string of the molecule is C=C(C)COc1ccc(C)cc1C(C)N. The molecule has 1 atom stereocenters. The van der Waals surface area contributed by atoms with Crippen LogP contribution in [0, 0.1) is 6.92 Å². The van der Waals surface area contributed by atoms with E-state index >= 15 is 0 Å². The third kappa shape index (κ3) is 3.40. The summed E-state index contributed by atoms with van der Waals surface area (Å²) in [5.41, 5.74) is 9.14. The lowest BCUT2D eigenvalue weighted by Gasteiger charge is -2.14. The summed E-state index contributed by atoms with van der Waals surface area (Å²) in [7, 11) is 0. The highest BCUT2D eigenvalue weighted by Crippen LogP contribution is 2.25. The molecule has 15 heavy (non-hydrogen) atoms. The second-order valence-corrected chi connectivity index (χ2v) is 4.08. The van der Waals surface area contributed by atoms with Crippen LogP contribution in [0.5, 0.6) is 5.75 Å². The second-order valence-electron chi connectivity index (χ2n) is 4.08. The summed E-state index contributed by atoms with van der Waals surface area (Å²) in [4.78, 5) is 0. The van der Waals surface area contributed by atoms with Gasteiger partial charge in [0.1, 0.15) is 12.4 Å². The Morgan fingerprint density at radius 1 is 1.53 bits per heavy atom. The van der Waals surface area contributed by atoms with Crippen LogP contribution < -0.4 is 10.5 Å². The Hall–Kier alpha value is -1.28. The van der Waals surface area contributed by atoms with E-state index in [1.807, 2.05) is 26.0 Å². The van der Waals surface area contributed by atoms with E-state index in [4.69, 9.17) is 10.5 Å². The van der Waals surface area contributed by atoms with E-state index in [2.05, 4.69) is 19.6 Å². The molecular weight excluding hydrogens is 186 g/mol. The van der Waals surface area contributed by atoms with Gasteiger partial charge in [0, 0.05) is 11.6 Å². The minimum absolute atomic E-state index is 0.00924. The number of benzene rings is 1. The maximum absolute atomic E-state index is 5.89. The van der Waals surface area contributed by atoms with Crippen LogP contribution in [-0.4, -0.2) is 6.61 Å². The molecule has 0 amide bonds. The molecule has 2 N–H and O–H groups in total. The van der Waals surface area contributed by atoms with E-state index in [-0.39, 0.29) is 6.04 Å². The number of aryl methyl sites for hydroxylation is 1. The molecule has 2 nitrogen and oxygen atoms in total. The Morgan fingerprint density at radius 2 is 2.20 bits per heavy atom. The van der Waals surface area contributed by atoms with Crippen molar-refractivity contribution in [2.24, 2.45) is 5.73 Å². The summed E-state index contributed by atoms with van der Waals surface area (Å²) in [5.74, 6) is 0.860. The molecule has 0 bridgehead atoms. The van der Waals surface area contributed by atoms with Gasteiger partial charge in [0.2, 0.25) is 0 Å². The molecule has 1 aromatic rings. The van der Waals surface area contributed by atoms with Gasteiger partial charge in [-0.2, -0.15) is 0 Å². The van der Waals surface area contributed by atoms with Crippen molar-refractivity contribution in [1.82, 2.24) is 0 Å². The molecule has 0 radical (unpaired) electrons. The van der Waals surface area contributed by atoms with Crippen LogP contribution in [-0.2, 0) is 0 Å². The largest absolute Gasteiger partial charge is 0.489 e. The molecular formula is C13H19NO. The highest BCUT2D eigenvalue weighted by atomic mass is 16.5. The molecule has 0 heterocycles. The van der Waals surface area contributed by atoms with Crippen molar-refractivity contribution in [1.29, 1.82) is 0 Å². The highest BCUT2D eigenvalue weighted by molar-refractivity contribution is 5.38.